The fourth-order valence-corrected chi connectivity index (χ4v) is 1.74. The molecule has 0 heterocycles. The highest BCUT2D eigenvalue weighted by molar-refractivity contribution is 5.98. The van der Waals surface area contributed by atoms with E-state index in [0.717, 1.165) is 6.07 Å². The minimum atomic E-state index is -0.851. The van der Waals surface area contributed by atoms with Crippen LogP contribution < -0.4 is 0 Å². The fraction of sp³-hybridized carbons (Fsp3) is 0.0667. The molecule has 7 heteroatoms. The number of halogens is 1. The van der Waals surface area contributed by atoms with Crippen molar-refractivity contribution in [1.82, 2.24) is 0 Å². The van der Waals surface area contributed by atoms with E-state index in [0.29, 0.717) is 5.56 Å². The molecule has 0 saturated carbocycles. The molecule has 0 aliphatic heterocycles. The predicted octanol–water partition coefficient (Wildman–Crippen LogP) is 3.11. The summed E-state index contributed by atoms with van der Waals surface area (Å²) in [4.78, 5) is 21.9. The van der Waals surface area contributed by atoms with Gasteiger partial charge < -0.3 is 4.74 Å². The van der Waals surface area contributed by atoms with Crippen molar-refractivity contribution in [2.75, 3.05) is 0 Å². The standard InChI is InChI=1S/C15H11FN2O4/c16-12-6-4-10(5-7-12)8-14(17)22-15(19)11-2-1-3-13(9-11)18(20)21/h1-7,9,17H,8H2. The zero-order valence-electron chi connectivity index (χ0n) is 11.3. The molecular weight excluding hydrogens is 291 g/mol. The first-order valence-electron chi connectivity index (χ1n) is 6.24. The van der Waals surface area contributed by atoms with E-state index < -0.39 is 16.7 Å². The Bertz CT molecular complexity index is 729. The first kappa shape index (κ1) is 15.3. The van der Waals surface area contributed by atoms with Crippen molar-refractivity contribution >= 4 is 17.6 Å². The molecule has 0 atom stereocenters. The molecule has 0 spiro atoms. The van der Waals surface area contributed by atoms with Crippen LogP contribution in [0, 0.1) is 21.3 Å². The van der Waals surface area contributed by atoms with Gasteiger partial charge in [0.05, 0.1) is 10.5 Å². The van der Waals surface area contributed by atoms with E-state index >= 15 is 0 Å². The van der Waals surface area contributed by atoms with Gasteiger partial charge in [0.25, 0.3) is 5.69 Å². The topological polar surface area (TPSA) is 93.3 Å². The Labute approximate surface area is 124 Å². The van der Waals surface area contributed by atoms with E-state index in [9.17, 15) is 19.3 Å². The van der Waals surface area contributed by atoms with Gasteiger partial charge in [-0.3, -0.25) is 15.5 Å². The lowest BCUT2D eigenvalue weighted by atomic mass is 10.1. The zero-order chi connectivity index (χ0) is 16.1. The SMILES string of the molecule is N=C(Cc1ccc(F)cc1)OC(=O)c1cccc([N+](=O)[O-])c1. The van der Waals surface area contributed by atoms with Gasteiger partial charge in [-0.1, -0.05) is 18.2 Å². The van der Waals surface area contributed by atoms with Gasteiger partial charge in [-0.2, -0.15) is 0 Å². The smallest absolute Gasteiger partial charge is 0.344 e. The van der Waals surface area contributed by atoms with Gasteiger partial charge in [0, 0.05) is 18.6 Å². The van der Waals surface area contributed by atoms with Crippen molar-refractivity contribution in [2.24, 2.45) is 0 Å². The molecule has 0 amide bonds. The third kappa shape index (κ3) is 3.95. The molecule has 0 aliphatic rings. The average molecular weight is 302 g/mol. The van der Waals surface area contributed by atoms with Gasteiger partial charge in [0.15, 0.2) is 5.90 Å². The molecule has 0 unspecified atom stereocenters. The molecule has 2 aromatic carbocycles. The molecule has 0 bridgehead atoms. The Kier molecular flexibility index (Phi) is 4.57. The molecule has 2 aromatic rings. The Morgan fingerprint density at radius 1 is 1.23 bits per heavy atom. The maximum absolute atomic E-state index is 12.8. The van der Waals surface area contributed by atoms with Gasteiger partial charge in [0.2, 0.25) is 0 Å². The second-order valence-corrected chi connectivity index (χ2v) is 4.42. The molecule has 0 aromatic heterocycles. The van der Waals surface area contributed by atoms with Crippen LogP contribution in [0.1, 0.15) is 15.9 Å². The summed E-state index contributed by atoms with van der Waals surface area (Å²) >= 11 is 0. The summed E-state index contributed by atoms with van der Waals surface area (Å²) in [6.45, 7) is 0. The van der Waals surface area contributed by atoms with Crippen LogP contribution in [0.25, 0.3) is 0 Å². The number of esters is 1. The van der Waals surface area contributed by atoms with Crippen molar-refractivity contribution in [3.8, 4) is 0 Å². The number of non-ortho nitro benzene ring substituents is 1. The Hall–Kier alpha value is -3.09. The Morgan fingerprint density at radius 2 is 1.91 bits per heavy atom. The summed E-state index contributed by atoms with van der Waals surface area (Å²) in [6, 6.07) is 10.5. The fourth-order valence-electron chi connectivity index (χ4n) is 1.74. The molecule has 0 fully saturated rings. The highest BCUT2D eigenvalue weighted by Gasteiger charge is 2.14. The minimum Gasteiger partial charge on any atom is -0.408 e. The number of rotatable bonds is 4. The minimum absolute atomic E-state index is 0.0148. The van der Waals surface area contributed by atoms with Gasteiger partial charge in [-0.25, -0.2) is 9.18 Å². The van der Waals surface area contributed by atoms with Crippen LogP contribution in [0.4, 0.5) is 10.1 Å². The van der Waals surface area contributed by atoms with E-state index in [2.05, 4.69) is 0 Å². The van der Waals surface area contributed by atoms with E-state index in [1.54, 1.807) is 0 Å². The van der Waals surface area contributed by atoms with Gasteiger partial charge >= 0.3 is 5.97 Å². The summed E-state index contributed by atoms with van der Waals surface area (Å²) in [5.41, 5.74) is 0.357. The molecule has 1 N–H and O–H groups in total. The van der Waals surface area contributed by atoms with Crippen molar-refractivity contribution in [2.45, 2.75) is 6.42 Å². The number of ether oxygens (including phenoxy) is 1. The van der Waals surface area contributed by atoms with Crippen LogP contribution in [0.15, 0.2) is 48.5 Å². The highest BCUT2D eigenvalue weighted by atomic mass is 19.1. The van der Waals surface area contributed by atoms with E-state index in [1.165, 1.54) is 42.5 Å². The molecule has 22 heavy (non-hydrogen) atoms. The molecule has 2 rings (SSSR count). The normalized spacial score (nSPS) is 10.0. The summed E-state index contributed by atoms with van der Waals surface area (Å²) in [5.74, 6) is -1.58. The third-order valence-electron chi connectivity index (χ3n) is 2.79. The second-order valence-electron chi connectivity index (χ2n) is 4.42. The number of hydrogen-bond acceptors (Lipinski definition) is 5. The summed E-state index contributed by atoms with van der Waals surface area (Å²) in [7, 11) is 0. The predicted molar refractivity (Wildman–Crippen MR) is 76.3 cm³/mol. The summed E-state index contributed by atoms with van der Waals surface area (Å²) in [5, 5.41) is 18.3. The van der Waals surface area contributed by atoms with Crippen LogP contribution in [0.5, 0.6) is 0 Å². The zero-order valence-corrected chi connectivity index (χ0v) is 11.3. The Morgan fingerprint density at radius 3 is 2.55 bits per heavy atom. The quantitative estimate of drug-likeness (QED) is 0.309. The van der Waals surface area contributed by atoms with Crippen molar-refractivity contribution in [1.29, 1.82) is 5.41 Å². The lowest BCUT2D eigenvalue weighted by Crippen LogP contribution is -2.14. The number of carbonyl (C=O) groups is 1. The first-order chi connectivity index (χ1) is 10.5. The Balaban J connectivity index is 2.02. The number of carbonyl (C=O) groups excluding carboxylic acids is 1. The van der Waals surface area contributed by atoms with Crippen LogP contribution >= 0.6 is 0 Å². The lowest BCUT2D eigenvalue weighted by Gasteiger charge is -2.06. The number of hydrogen-bond donors (Lipinski definition) is 1. The number of nitro groups is 1. The van der Waals surface area contributed by atoms with Crippen molar-refractivity contribution < 1.29 is 18.8 Å². The molecule has 0 saturated heterocycles. The third-order valence-corrected chi connectivity index (χ3v) is 2.79. The highest BCUT2D eigenvalue weighted by Crippen LogP contribution is 2.14. The van der Waals surface area contributed by atoms with E-state index in [1.807, 2.05) is 0 Å². The van der Waals surface area contributed by atoms with Gasteiger partial charge in [-0.05, 0) is 23.8 Å². The molecule has 112 valence electrons. The molecule has 0 aliphatic carbocycles. The van der Waals surface area contributed by atoms with Gasteiger partial charge in [-0.15, -0.1) is 0 Å². The maximum atomic E-state index is 12.8. The van der Waals surface area contributed by atoms with Crippen LogP contribution in [0.3, 0.4) is 0 Å². The average Bonchev–Trinajstić information content (AvgIpc) is 2.49. The lowest BCUT2D eigenvalue weighted by molar-refractivity contribution is -0.384. The number of nitrogens with one attached hydrogen (secondary N) is 1. The monoisotopic (exact) mass is 302 g/mol. The largest absolute Gasteiger partial charge is 0.408 e. The van der Waals surface area contributed by atoms with Crippen LogP contribution in [-0.2, 0) is 11.2 Å². The molecular formula is C15H11FN2O4. The maximum Gasteiger partial charge on any atom is 0.344 e. The first-order valence-corrected chi connectivity index (χ1v) is 6.24. The van der Waals surface area contributed by atoms with Crippen LogP contribution in [-0.4, -0.2) is 16.8 Å². The second kappa shape index (κ2) is 6.57. The molecule has 0 radical (unpaired) electrons. The molecule has 6 nitrogen and oxygen atoms in total. The van der Waals surface area contributed by atoms with Gasteiger partial charge in [0.1, 0.15) is 5.82 Å². The van der Waals surface area contributed by atoms with Crippen molar-refractivity contribution in [3.63, 3.8) is 0 Å². The van der Waals surface area contributed by atoms with Crippen molar-refractivity contribution in [3.05, 3.63) is 75.6 Å². The number of nitro benzene ring substituents is 1. The van der Waals surface area contributed by atoms with E-state index in [-0.39, 0.29) is 23.6 Å². The number of nitrogens with zero attached hydrogens (tertiary/aromatic N) is 1. The van der Waals surface area contributed by atoms with Crippen LogP contribution in [0.2, 0.25) is 0 Å². The number of benzene rings is 2. The summed E-state index contributed by atoms with van der Waals surface area (Å²) in [6.07, 6.45) is 0.0148. The summed E-state index contributed by atoms with van der Waals surface area (Å²) < 4.78 is 17.6. The van der Waals surface area contributed by atoms with E-state index in [4.69, 9.17) is 10.1 Å².